The number of thiazole rings is 1. The van der Waals surface area contributed by atoms with Crippen LogP contribution in [0.3, 0.4) is 0 Å². The molecule has 2 aromatic rings. The minimum absolute atomic E-state index is 0.0536. The van der Waals surface area contributed by atoms with Gasteiger partial charge in [-0.15, -0.1) is 11.3 Å². The van der Waals surface area contributed by atoms with E-state index in [4.69, 9.17) is 4.74 Å². The first-order chi connectivity index (χ1) is 8.62. The van der Waals surface area contributed by atoms with Crippen molar-refractivity contribution in [3.05, 3.63) is 24.3 Å². The van der Waals surface area contributed by atoms with Crippen LogP contribution in [0.4, 0.5) is 0 Å². The number of para-hydroxylation sites is 1. The van der Waals surface area contributed by atoms with Crippen LogP contribution in [0.25, 0.3) is 10.2 Å². The third-order valence-electron chi connectivity index (χ3n) is 2.87. The van der Waals surface area contributed by atoms with Crippen molar-refractivity contribution < 1.29 is 4.74 Å². The Balaban J connectivity index is 1.76. The van der Waals surface area contributed by atoms with Gasteiger partial charge in [0.25, 0.3) is 0 Å². The van der Waals surface area contributed by atoms with Gasteiger partial charge in [-0.25, -0.2) is 9.29 Å². The van der Waals surface area contributed by atoms with Crippen molar-refractivity contribution in [2.75, 3.05) is 19.7 Å². The molecule has 1 aliphatic heterocycles. The van der Waals surface area contributed by atoms with E-state index in [-0.39, 0.29) is 5.60 Å². The molecular formula is C13H16N2OS2. The van der Waals surface area contributed by atoms with Gasteiger partial charge in [-0.1, -0.05) is 12.1 Å². The van der Waals surface area contributed by atoms with Crippen molar-refractivity contribution in [2.24, 2.45) is 0 Å². The average molecular weight is 280 g/mol. The fourth-order valence-corrected chi connectivity index (χ4v) is 4.38. The molecule has 0 aliphatic carbocycles. The highest BCUT2D eigenvalue weighted by atomic mass is 32.2. The Morgan fingerprint density at radius 1 is 1.39 bits per heavy atom. The number of rotatable bonds is 2. The van der Waals surface area contributed by atoms with Crippen LogP contribution in [0.5, 0.6) is 0 Å². The zero-order valence-electron chi connectivity index (χ0n) is 10.5. The van der Waals surface area contributed by atoms with Gasteiger partial charge in [-0.05, 0) is 37.9 Å². The molecule has 1 fully saturated rings. The fraction of sp³-hybridized carbons (Fsp3) is 0.462. The number of hydrogen-bond donors (Lipinski definition) is 0. The van der Waals surface area contributed by atoms with Crippen LogP contribution in [0.1, 0.15) is 13.8 Å². The smallest absolute Gasteiger partial charge is 0.166 e. The molecule has 0 radical (unpaired) electrons. The fourth-order valence-electron chi connectivity index (χ4n) is 2.05. The van der Waals surface area contributed by atoms with Crippen LogP contribution in [-0.4, -0.2) is 34.6 Å². The third kappa shape index (κ3) is 2.69. The number of morpholine rings is 1. The van der Waals surface area contributed by atoms with E-state index in [2.05, 4.69) is 41.3 Å². The predicted molar refractivity (Wildman–Crippen MR) is 77.1 cm³/mol. The summed E-state index contributed by atoms with van der Waals surface area (Å²) in [6, 6.07) is 8.29. The maximum absolute atomic E-state index is 5.72. The molecule has 3 rings (SSSR count). The largest absolute Gasteiger partial charge is 0.373 e. The summed E-state index contributed by atoms with van der Waals surface area (Å²) in [5.74, 6) is 0. The van der Waals surface area contributed by atoms with E-state index in [0.29, 0.717) is 0 Å². The molecule has 2 heterocycles. The molecule has 0 spiro atoms. The van der Waals surface area contributed by atoms with E-state index in [1.54, 1.807) is 23.3 Å². The van der Waals surface area contributed by atoms with Gasteiger partial charge < -0.3 is 4.74 Å². The maximum atomic E-state index is 5.72. The van der Waals surface area contributed by atoms with Crippen molar-refractivity contribution >= 4 is 33.5 Å². The third-order valence-corrected chi connectivity index (χ3v) is 4.99. The quantitative estimate of drug-likeness (QED) is 0.787. The lowest BCUT2D eigenvalue weighted by Crippen LogP contribution is -2.45. The Morgan fingerprint density at radius 2 is 2.22 bits per heavy atom. The van der Waals surface area contributed by atoms with Crippen LogP contribution >= 0.6 is 23.3 Å². The van der Waals surface area contributed by atoms with Crippen molar-refractivity contribution in [1.82, 2.24) is 9.29 Å². The molecule has 1 saturated heterocycles. The summed E-state index contributed by atoms with van der Waals surface area (Å²) in [4.78, 5) is 4.65. The number of ether oxygens (including phenoxy) is 1. The van der Waals surface area contributed by atoms with Gasteiger partial charge in [-0.3, -0.25) is 0 Å². The van der Waals surface area contributed by atoms with E-state index in [1.807, 2.05) is 6.07 Å². The minimum atomic E-state index is -0.0536. The maximum Gasteiger partial charge on any atom is 0.166 e. The second kappa shape index (κ2) is 4.81. The lowest BCUT2D eigenvalue weighted by Gasteiger charge is -2.36. The Bertz CT molecular complexity index is 520. The highest BCUT2D eigenvalue weighted by Crippen LogP contribution is 2.33. The Labute approximate surface area is 115 Å². The van der Waals surface area contributed by atoms with Gasteiger partial charge in [0.2, 0.25) is 0 Å². The summed E-state index contributed by atoms with van der Waals surface area (Å²) in [7, 11) is 0. The van der Waals surface area contributed by atoms with E-state index in [1.165, 1.54) is 4.70 Å². The molecular weight excluding hydrogens is 264 g/mol. The zero-order chi connectivity index (χ0) is 12.6. The number of hydrogen-bond acceptors (Lipinski definition) is 5. The molecule has 0 amide bonds. The molecule has 1 aliphatic rings. The van der Waals surface area contributed by atoms with Gasteiger partial charge in [0.05, 0.1) is 22.4 Å². The van der Waals surface area contributed by atoms with Crippen molar-refractivity contribution in [3.63, 3.8) is 0 Å². The molecule has 0 bridgehead atoms. The minimum Gasteiger partial charge on any atom is -0.373 e. The first-order valence-corrected chi connectivity index (χ1v) is 7.64. The Hall–Kier alpha value is -0.620. The van der Waals surface area contributed by atoms with E-state index < -0.39 is 0 Å². The Morgan fingerprint density at radius 3 is 3.00 bits per heavy atom. The normalized spacial score (nSPS) is 20.3. The van der Waals surface area contributed by atoms with Crippen LogP contribution in [0.15, 0.2) is 28.6 Å². The standard InChI is InChI=1S/C13H16N2OS2/c1-13(2)9-15(7-8-16-13)18-12-14-10-5-3-4-6-11(10)17-12/h3-6H,7-9H2,1-2H3. The van der Waals surface area contributed by atoms with Crippen molar-refractivity contribution in [2.45, 2.75) is 23.8 Å². The van der Waals surface area contributed by atoms with Gasteiger partial charge in [0.1, 0.15) is 0 Å². The summed E-state index contributed by atoms with van der Waals surface area (Å²) >= 11 is 3.51. The molecule has 1 aromatic heterocycles. The topological polar surface area (TPSA) is 25.4 Å². The lowest BCUT2D eigenvalue weighted by molar-refractivity contribution is -0.0616. The number of fused-ring (bicyclic) bond motifs is 1. The van der Waals surface area contributed by atoms with Crippen LogP contribution in [0.2, 0.25) is 0 Å². The van der Waals surface area contributed by atoms with Gasteiger partial charge in [-0.2, -0.15) is 0 Å². The molecule has 3 nitrogen and oxygen atoms in total. The van der Waals surface area contributed by atoms with Gasteiger partial charge in [0, 0.05) is 13.1 Å². The number of nitrogens with zero attached hydrogens (tertiary/aromatic N) is 2. The van der Waals surface area contributed by atoms with Crippen molar-refractivity contribution in [3.8, 4) is 0 Å². The summed E-state index contributed by atoms with van der Waals surface area (Å²) in [5, 5.41) is 0. The summed E-state index contributed by atoms with van der Waals surface area (Å²) < 4.78 is 10.4. The summed E-state index contributed by atoms with van der Waals surface area (Å²) in [5.41, 5.74) is 1.04. The Kier molecular flexibility index (Phi) is 3.32. The lowest BCUT2D eigenvalue weighted by atomic mass is 10.1. The van der Waals surface area contributed by atoms with Crippen molar-refractivity contribution in [1.29, 1.82) is 0 Å². The van der Waals surface area contributed by atoms with Crippen LogP contribution in [-0.2, 0) is 4.74 Å². The van der Waals surface area contributed by atoms with Gasteiger partial charge in [0.15, 0.2) is 4.34 Å². The summed E-state index contributed by atoms with van der Waals surface area (Å²) in [6.45, 7) is 6.97. The average Bonchev–Trinajstić information content (AvgIpc) is 2.69. The van der Waals surface area contributed by atoms with E-state index >= 15 is 0 Å². The number of aromatic nitrogens is 1. The monoisotopic (exact) mass is 280 g/mol. The van der Waals surface area contributed by atoms with Gasteiger partial charge >= 0.3 is 0 Å². The number of benzene rings is 1. The van der Waals surface area contributed by atoms with Crippen LogP contribution < -0.4 is 0 Å². The zero-order valence-corrected chi connectivity index (χ0v) is 12.2. The molecule has 0 N–H and O–H groups in total. The molecule has 0 saturated carbocycles. The first-order valence-electron chi connectivity index (χ1n) is 6.05. The van der Waals surface area contributed by atoms with Crippen LogP contribution in [0, 0.1) is 0 Å². The molecule has 96 valence electrons. The second-order valence-electron chi connectivity index (χ2n) is 5.01. The highest BCUT2D eigenvalue weighted by Gasteiger charge is 2.28. The van der Waals surface area contributed by atoms with E-state index in [9.17, 15) is 0 Å². The molecule has 18 heavy (non-hydrogen) atoms. The summed E-state index contributed by atoms with van der Waals surface area (Å²) in [6.07, 6.45) is 0. The predicted octanol–water partition coefficient (Wildman–Crippen LogP) is 3.41. The molecule has 0 atom stereocenters. The first kappa shape index (κ1) is 12.4. The van der Waals surface area contributed by atoms with E-state index in [0.717, 1.165) is 29.6 Å². The molecule has 1 aromatic carbocycles. The highest BCUT2D eigenvalue weighted by molar-refractivity contribution is 7.98. The molecule has 5 heteroatoms. The SMILES string of the molecule is CC1(C)CN(Sc2nc3ccccc3s2)CCO1. The second-order valence-corrected chi connectivity index (χ2v) is 7.39. The molecule has 0 unspecified atom stereocenters.